The van der Waals surface area contributed by atoms with Gasteiger partial charge in [-0.25, -0.2) is 10.2 Å². The summed E-state index contributed by atoms with van der Waals surface area (Å²) in [5.74, 6) is 5.69. The lowest BCUT2D eigenvalue weighted by molar-refractivity contribution is 0.629. The van der Waals surface area contributed by atoms with Crippen molar-refractivity contribution >= 4 is 5.95 Å². The topological polar surface area (TPSA) is 68.8 Å². The summed E-state index contributed by atoms with van der Waals surface area (Å²) in [6.07, 6.45) is 0. The molecule has 0 saturated heterocycles. The van der Waals surface area contributed by atoms with Crippen molar-refractivity contribution in [1.29, 1.82) is 0 Å². The second-order valence-electron chi connectivity index (χ2n) is 3.03. The summed E-state index contributed by atoms with van der Waals surface area (Å²) >= 11 is 0. The number of nitrogen functional groups attached to an aromatic ring is 1. The predicted octanol–water partition coefficient (Wildman–Crippen LogP) is 0.907. The van der Waals surface area contributed by atoms with Gasteiger partial charge in [0.25, 0.3) is 0 Å². The molecule has 15 heavy (non-hydrogen) atoms. The number of hydrogen-bond donors (Lipinski definition) is 2. The Hall–Kier alpha value is -1.95. The first-order chi connectivity index (χ1) is 7.24. The smallest absolute Gasteiger partial charge is 0.238 e. The van der Waals surface area contributed by atoms with E-state index in [9.17, 15) is 4.39 Å². The van der Waals surface area contributed by atoms with Crippen molar-refractivity contribution in [2.24, 2.45) is 12.9 Å². The van der Waals surface area contributed by atoms with E-state index in [1.807, 2.05) is 0 Å². The zero-order valence-electron chi connectivity index (χ0n) is 8.11. The molecule has 0 atom stereocenters. The number of nitrogens with two attached hydrogens (primary N) is 1. The van der Waals surface area contributed by atoms with Crippen LogP contribution in [0.4, 0.5) is 10.3 Å². The molecule has 2 rings (SSSR count). The van der Waals surface area contributed by atoms with Crippen LogP contribution < -0.4 is 11.3 Å². The van der Waals surface area contributed by atoms with Gasteiger partial charge in [0, 0.05) is 7.05 Å². The number of rotatable bonds is 2. The third kappa shape index (κ3) is 1.55. The average Bonchev–Trinajstić information content (AvgIpc) is 2.60. The fourth-order valence-corrected chi connectivity index (χ4v) is 1.33. The Morgan fingerprint density at radius 2 is 2.07 bits per heavy atom. The Morgan fingerprint density at radius 1 is 1.33 bits per heavy atom. The van der Waals surface area contributed by atoms with Crippen molar-refractivity contribution in [3.8, 4) is 11.4 Å². The molecule has 1 aromatic carbocycles. The van der Waals surface area contributed by atoms with Crippen molar-refractivity contribution < 1.29 is 4.39 Å². The van der Waals surface area contributed by atoms with Crippen LogP contribution in [0.3, 0.4) is 0 Å². The fraction of sp³-hybridized carbons (Fsp3) is 0.111. The standard InChI is InChI=1S/C9H10FN5/c1-15-8(13-14-9(15)12-11)6-4-2-3-5-7(6)10/h2-5H,11H2,1H3,(H,12,14). The van der Waals surface area contributed by atoms with E-state index in [0.717, 1.165) is 0 Å². The van der Waals surface area contributed by atoms with Gasteiger partial charge in [-0.05, 0) is 12.1 Å². The van der Waals surface area contributed by atoms with Crippen LogP contribution in [0.15, 0.2) is 24.3 Å². The number of nitrogens with zero attached hydrogens (tertiary/aromatic N) is 3. The van der Waals surface area contributed by atoms with Gasteiger partial charge in [0.05, 0.1) is 5.56 Å². The summed E-state index contributed by atoms with van der Waals surface area (Å²) < 4.78 is 15.0. The Bertz CT molecular complexity index is 479. The Labute approximate surface area is 85.7 Å². The molecule has 6 heteroatoms. The molecule has 1 heterocycles. The van der Waals surface area contributed by atoms with Crippen molar-refractivity contribution in [3.05, 3.63) is 30.1 Å². The highest BCUT2D eigenvalue weighted by Gasteiger charge is 2.12. The molecule has 78 valence electrons. The van der Waals surface area contributed by atoms with Crippen molar-refractivity contribution in [2.45, 2.75) is 0 Å². The molecule has 0 radical (unpaired) electrons. The second-order valence-corrected chi connectivity index (χ2v) is 3.03. The van der Waals surface area contributed by atoms with Crippen molar-refractivity contribution in [2.75, 3.05) is 5.43 Å². The molecule has 0 unspecified atom stereocenters. The highest BCUT2D eigenvalue weighted by Crippen LogP contribution is 2.21. The monoisotopic (exact) mass is 207 g/mol. The van der Waals surface area contributed by atoms with Gasteiger partial charge in [0.2, 0.25) is 5.95 Å². The van der Waals surface area contributed by atoms with Gasteiger partial charge in [-0.1, -0.05) is 12.1 Å². The van der Waals surface area contributed by atoms with Gasteiger partial charge < -0.3 is 0 Å². The van der Waals surface area contributed by atoms with Crippen LogP contribution in [0.2, 0.25) is 0 Å². The summed E-state index contributed by atoms with van der Waals surface area (Å²) in [6.45, 7) is 0. The summed E-state index contributed by atoms with van der Waals surface area (Å²) in [5.41, 5.74) is 2.77. The molecule has 5 nitrogen and oxygen atoms in total. The summed E-state index contributed by atoms with van der Waals surface area (Å²) in [7, 11) is 1.71. The largest absolute Gasteiger partial charge is 0.295 e. The van der Waals surface area contributed by atoms with Crippen LogP contribution in [0, 0.1) is 5.82 Å². The summed E-state index contributed by atoms with van der Waals surface area (Å²) in [4.78, 5) is 0. The number of hydrogen-bond acceptors (Lipinski definition) is 4. The van der Waals surface area contributed by atoms with Crippen molar-refractivity contribution in [1.82, 2.24) is 14.8 Å². The number of benzene rings is 1. The van der Waals surface area contributed by atoms with Crippen LogP contribution >= 0.6 is 0 Å². The van der Waals surface area contributed by atoms with Gasteiger partial charge in [-0.2, -0.15) is 0 Å². The zero-order valence-corrected chi connectivity index (χ0v) is 8.11. The third-order valence-electron chi connectivity index (χ3n) is 2.12. The molecule has 0 spiro atoms. The first kappa shape index (κ1) is 9.60. The first-order valence-electron chi connectivity index (χ1n) is 4.35. The Morgan fingerprint density at radius 3 is 2.67 bits per heavy atom. The molecule has 2 aromatic rings. The number of aromatic nitrogens is 3. The molecule has 0 amide bonds. The molecule has 0 fully saturated rings. The minimum Gasteiger partial charge on any atom is -0.295 e. The average molecular weight is 207 g/mol. The maximum Gasteiger partial charge on any atom is 0.238 e. The molecule has 0 aliphatic rings. The van der Waals surface area contributed by atoms with E-state index in [0.29, 0.717) is 17.3 Å². The Kier molecular flexibility index (Phi) is 2.34. The maximum atomic E-state index is 13.4. The molecular weight excluding hydrogens is 197 g/mol. The zero-order chi connectivity index (χ0) is 10.8. The predicted molar refractivity (Wildman–Crippen MR) is 54.2 cm³/mol. The van der Waals surface area contributed by atoms with Gasteiger partial charge >= 0.3 is 0 Å². The normalized spacial score (nSPS) is 10.3. The van der Waals surface area contributed by atoms with Crippen LogP contribution in [0.25, 0.3) is 11.4 Å². The van der Waals surface area contributed by atoms with Crippen molar-refractivity contribution in [3.63, 3.8) is 0 Å². The minimum atomic E-state index is -0.337. The lowest BCUT2D eigenvalue weighted by Crippen LogP contribution is -2.11. The number of halogens is 1. The van der Waals surface area contributed by atoms with Crippen LogP contribution in [-0.4, -0.2) is 14.8 Å². The van der Waals surface area contributed by atoms with E-state index >= 15 is 0 Å². The van der Waals surface area contributed by atoms with Crippen LogP contribution in [0.1, 0.15) is 0 Å². The maximum absolute atomic E-state index is 13.4. The summed E-state index contributed by atoms with van der Waals surface area (Å²) in [5, 5.41) is 7.61. The second kappa shape index (κ2) is 3.66. The van der Waals surface area contributed by atoms with E-state index in [1.165, 1.54) is 6.07 Å². The molecular formula is C9H10FN5. The van der Waals surface area contributed by atoms with Crippen LogP contribution in [0.5, 0.6) is 0 Å². The third-order valence-corrected chi connectivity index (χ3v) is 2.12. The highest BCUT2D eigenvalue weighted by atomic mass is 19.1. The van der Waals surface area contributed by atoms with Gasteiger partial charge in [0.15, 0.2) is 5.82 Å². The lowest BCUT2D eigenvalue weighted by atomic mass is 10.2. The molecule has 0 aliphatic carbocycles. The number of hydrazine groups is 1. The molecule has 0 aliphatic heterocycles. The van der Waals surface area contributed by atoms with E-state index < -0.39 is 0 Å². The molecule has 0 bridgehead atoms. The van der Waals surface area contributed by atoms with Gasteiger partial charge in [-0.3, -0.25) is 9.99 Å². The SMILES string of the molecule is Cn1c(NN)nnc1-c1ccccc1F. The summed E-state index contributed by atoms with van der Waals surface area (Å²) in [6, 6.07) is 6.37. The number of nitrogens with one attached hydrogen (secondary N) is 1. The fourth-order valence-electron chi connectivity index (χ4n) is 1.33. The Balaban J connectivity index is 2.55. The number of anilines is 1. The van der Waals surface area contributed by atoms with E-state index in [2.05, 4.69) is 15.6 Å². The van der Waals surface area contributed by atoms with E-state index in [1.54, 1.807) is 29.8 Å². The van der Waals surface area contributed by atoms with E-state index in [-0.39, 0.29) is 5.82 Å². The van der Waals surface area contributed by atoms with Gasteiger partial charge in [0.1, 0.15) is 5.82 Å². The van der Waals surface area contributed by atoms with E-state index in [4.69, 9.17) is 5.84 Å². The highest BCUT2D eigenvalue weighted by molar-refractivity contribution is 5.57. The molecule has 3 N–H and O–H groups in total. The first-order valence-corrected chi connectivity index (χ1v) is 4.35. The van der Waals surface area contributed by atoms with Gasteiger partial charge in [-0.15, -0.1) is 10.2 Å². The molecule has 1 aromatic heterocycles. The lowest BCUT2D eigenvalue weighted by Gasteiger charge is -2.03. The minimum absolute atomic E-state index is 0.337. The van der Waals surface area contributed by atoms with Crippen LogP contribution in [-0.2, 0) is 7.05 Å². The molecule has 0 saturated carbocycles. The quantitative estimate of drug-likeness (QED) is 0.567.